The number of carbonyl (C=O) groups excluding carboxylic acids is 1. The van der Waals surface area contributed by atoms with Crippen molar-refractivity contribution < 1.29 is 4.79 Å². The normalized spacial score (nSPS) is 12.4. The molecular formula is C22H23N3OS. The largest absolute Gasteiger partial charge is 0.307 e. The number of nitrogens with zero attached hydrogens (tertiary/aromatic N) is 3. The number of aryl methyl sites for hydroxylation is 2. The average Bonchev–Trinajstić information content (AvgIpc) is 3.06. The van der Waals surface area contributed by atoms with E-state index in [1.165, 1.54) is 10.5 Å². The summed E-state index contributed by atoms with van der Waals surface area (Å²) in [4.78, 5) is 16.6. The van der Waals surface area contributed by atoms with Gasteiger partial charge in [-0.1, -0.05) is 43.3 Å². The summed E-state index contributed by atoms with van der Waals surface area (Å²) in [6.45, 7) is 4.75. The fourth-order valence-corrected chi connectivity index (χ4v) is 4.84. The number of carbonyl (C=O) groups is 1. The Morgan fingerprint density at radius 2 is 1.89 bits per heavy atom. The third kappa shape index (κ3) is 2.96. The van der Waals surface area contributed by atoms with Gasteiger partial charge in [0.2, 0.25) is 0 Å². The second-order valence-corrected chi connectivity index (χ2v) is 7.63. The number of aromatic nitrogens is 2. The quantitative estimate of drug-likeness (QED) is 0.647. The minimum atomic E-state index is -0.0183. The lowest BCUT2D eigenvalue weighted by Gasteiger charge is -2.24. The van der Waals surface area contributed by atoms with Crippen LogP contribution in [0.3, 0.4) is 0 Å². The van der Waals surface area contributed by atoms with Crippen LogP contribution in [0.5, 0.6) is 0 Å². The van der Waals surface area contributed by atoms with E-state index in [0.29, 0.717) is 12.2 Å². The van der Waals surface area contributed by atoms with E-state index < -0.39 is 0 Å². The van der Waals surface area contributed by atoms with Gasteiger partial charge in [0.15, 0.2) is 5.69 Å². The van der Waals surface area contributed by atoms with Crippen LogP contribution in [0.2, 0.25) is 0 Å². The minimum Gasteiger partial charge on any atom is -0.307 e. The number of hydrogen-bond donors (Lipinski definition) is 0. The van der Waals surface area contributed by atoms with E-state index in [4.69, 9.17) is 0 Å². The lowest BCUT2D eigenvalue weighted by Crippen LogP contribution is -2.32. The van der Waals surface area contributed by atoms with E-state index in [2.05, 4.69) is 36.3 Å². The van der Waals surface area contributed by atoms with Crippen LogP contribution >= 0.6 is 11.8 Å². The maximum atomic E-state index is 13.5. The monoisotopic (exact) mass is 377 g/mol. The highest BCUT2D eigenvalue weighted by molar-refractivity contribution is 7.98. The van der Waals surface area contributed by atoms with Gasteiger partial charge in [-0.25, -0.2) is 0 Å². The second kappa shape index (κ2) is 7.24. The van der Waals surface area contributed by atoms with E-state index in [1.807, 2.05) is 47.8 Å². The van der Waals surface area contributed by atoms with E-state index in [9.17, 15) is 4.79 Å². The van der Waals surface area contributed by atoms with Crippen molar-refractivity contribution in [1.29, 1.82) is 0 Å². The summed E-state index contributed by atoms with van der Waals surface area (Å²) in [5.74, 6) is 0.754. The highest BCUT2D eigenvalue weighted by Crippen LogP contribution is 2.42. The van der Waals surface area contributed by atoms with Crippen LogP contribution in [0.15, 0.2) is 53.4 Å². The molecule has 4 nitrogen and oxygen atoms in total. The molecule has 0 spiro atoms. The molecule has 138 valence electrons. The molecule has 5 heteroatoms. The number of hydrogen-bond acceptors (Lipinski definition) is 3. The first-order valence-corrected chi connectivity index (χ1v) is 10.3. The molecule has 0 saturated heterocycles. The lowest BCUT2D eigenvalue weighted by atomic mass is 10.0. The second-order valence-electron chi connectivity index (χ2n) is 6.62. The maximum Gasteiger partial charge on any atom is 0.279 e. The van der Waals surface area contributed by atoms with Gasteiger partial charge < -0.3 is 4.90 Å². The van der Waals surface area contributed by atoms with E-state index >= 15 is 0 Å². The zero-order chi connectivity index (χ0) is 19.0. The minimum absolute atomic E-state index is 0.0183. The van der Waals surface area contributed by atoms with Gasteiger partial charge in [0.25, 0.3) is 5.91 Å². The van der Waals surface area contributed by atoms with Gasteiger partial charge in [0, 0.05) is 41.1 Å². The van der Waals surface area contributed by atoms with E-state index in [0.717, 1.165) is 34.7 Å². The van der Waals surface area contributed by atoms with Crippen molar-refractivity contribution in [3.8, 4) is 11.3 Å². The summed E-state index contributed by atoms with van der Waals surface area (Å²) in [5.41, 5.74) is 6.00. The number of rotatable bonds is 4. The Morgan fingerprint density at radius 1 is 1.15 bits per heavy atom. The Bertz CT molecular complexity index is 1010. The van der Waals surface area contributed by atoms with Crippen LogP contribution in [0.25, 0.3) is 11.3 Å². The Balaban J connectivity index is 1.80. The summed E-state index contributed by atoms with van der Waals surface area (Å²) in [5, 5.41) is 4.65. The van der Waals surface area contributed by atoms with Crippen LogP contribution in [0.4, 0.5) is 5.69 Å². The summed E-state index contributed by atoms with van der Waals surface area (Å²) >= 11 is 1.78. The zero-order valence-electron chi connectivity index (χ0n) is 15.9. The van der Waals surface area contributed by atoms with Crippen molar-refractivity contribution in [1.82, 2.24) is 9.78 Å². The SMILES string of the molecule is CCc1ccccc1N(CC)C(=O)c1nn(C)c2c1CSc1ccccc1-2. The Morgan fingerprint density at radius 3 is 2.67 bits per heavy atom. The van der Waals surface area contributed by atoms with Crippen molar-refractivity contribution in [2.24, 2.45) is 7.05 Å². The van der Waals surface area contributed by atoms with Gasteiger partial charge in [0.1, 0.15) is 0 Å². The van der Waals surface area contributed by atoms with E-state index in [1.54, 1.807) is 11.8 Å². The molecule has 0 fully saturated rings. The van der Waals surface area contributed by atoms with Gasteiger partial charge in [0.05, 0.1) is 5.69 Å². The smallest absolute Gasteiger partial charge is 0.279 e. The molecule has 4 rings (SSSR count). The lowest BCUT2D eigenvalue weighted by molar-refractivity contribution is 0.0982. The third-order valence-electron chi connectivity index (χ3n) is 5.09. The topological polar surface area (TPSA) is 38.1 Å². The molecule has 1 amide bonds. The number of fused-ring (bicyclic) bond motifs is 3. The maximum absolute atomic E-state index is 13.5. The highest BCUT2D eigenvalue weighted by Gasteiger charge is 2.30. The van der Waals surface area contributed by atoms with Gasteiger partial charge >= 0.3 is 0 Å². The van der Waals surface area contributed by atoms with Gasteiger partial charge in [-0.2, -0.15) is 5.10 Å². The van der Waals surface area contributed by atoms with Gasteiger partial charge in [-0.05, 0) is 31.0 Å². The fraction of sp³-hybridized carbons (Fsp3) is 0.273. The molecule has 1 aromatic heterocycles. The Hall–Kier alpha value is -2.53. The molecule has 0 atom stereocenters. The summed E-state index contributed by atoms with van der Waals surface area (Å²) in [6, 6.07) is 16.5. The first-order chi connectivity index (χ1) is 13.2. The third-order valence-corrected chi connectivity index (χ3v) is 6.19. The number of benzene rings is 2. The molecule has 0 aliphatic carbocycles. The molecule has 3 aromatic rings. The fourth-order valence-electron chi connectivity index (χ4n) is 3.78. The number of anilines is 1. The predicted octanol–water partition coefficient (Wildman–Crippen LogP) is 4.92. The Labute approximate surface area is 164 Å². The summed E-state index contributed by atoms with van der Waals surface area (Å²) < 4.78 is 1.86. The molecule has 0 unspecified atom stereocenters. The van der Waals surface area contributed by atoms with Crippen molar-refractivity contribution in [3.63, 3.8) is 0 Å². The van der Waals surface area contributed by atoms with Crippen LogP contribution in [0.1, 0.15) is 35.5 Å². The molecule has 2 aromatic carbocycles. The van der Waals surface area contributed by atoms with Crippen molar-refractivity contribution in [2.75, 3.05) is 11.4 Å². The zero-order valence-corrected chi connectivity index (χ0v) is 16.7. The van der Waals surface area contributed by atoms with Crippen LogP contribution in [0, 0.1) is 0 Å². The molecule has 1 aliphatic rings. The molecule has 0 bridgehead atoms. The molecule has 0 saturated carbocycles. The molecule has 0 radical (unpaired) electrons. The molecule has 27 heavy (non-hydrogen) atoms. The summed E-state index contributed by atoms with van der Waals surface area (Å²) in [6.07, 6.45) is 0.892. The van der Waals surface area contributed by atoms with Crippen LogP contribution in [-0.2, 0) is 19.2 Å². The first kappa shape index (κ1) is 17.9. The van der Waals surface area contributed by atoms with Gasteiger partial charge in [-0.3, -0.25) is 9.48 Å². The highest BCUT2D eigenvalue weighted by atomic mass is 32.2. The number of para-hydroxylation sites is 1. The molecule has 1 aliphatic heterocycles. The standard InChI is InChI=1S/C22H23N3OS/c1-4-15-10-6-8-12-18(15)25(5-2)22(26)20-17-14-27-19-13-9-7-11-16(19)21(17)24(3)23-20/h6-13H,4-5,14H2,1-3H3. The van der Waals surface area contributed by atoms with Crippen LogP contribution in [-0.4, -0.2) is 22.2 Å². The van der Waals surface area contributed by atoms with Crippen molar-refractivity contribution in [3.05, 3.63) is 65.4 Å². The molecule has 0 N–H and O–H groups in total. The molecular weight excluding hydrogens is 354 g/mol. The predicted molar refractivity (Wildman–Crippen MR) is 111 cm³/mol. The molecule has 2 heterocycles. The number of amides is 1. The number of thioether (sulfide) groups is 1. The van der Waals surface area contributed by atoms with Gasteiger partial charge in [-0.15, -0.1) is 11.8 Å². The average molecular weight is 378 g/mol. The Kier molecular flexibility index (Phi) is 4.79. The van der Waals surface area contributed by atoms with Crippen molar-refractivity contribution >= 4 is 23.4 Å². The van der Waals surface area contributed by atoms with Crippen molar-refractivity contribution in [2.45, 2.75) is 30.9 Å². The van der Waals surface area contributed by atoms with Crippen LogP contribution < -0.4 is 4.90 Å². The summed E-state index contributed by atoms with van der Waals surface area (Å²) in [7, 11) is 1.93. The van der Waals surface area contributed by atoms with E-state index in [-0.39, 0.29) is 5.91 Å². The first-order valence-electron chi connectivity index (χ1n) is 9.33.